The first-order valence-electron chi connectivity index (χ1n) is 9.86. The Bertz CT molecular complexity index is 1090. The topological polar surface area (TPSA) is 73.6 Å². The van der Waals surface area contributed by atoms with E-state index in [4.69, 9.17) is 4.74 Å². The van der Waals surface area contributed by atoms with Crippen molar-refractivity contribution in [2.45, 2.75) is 19.3 Å². The van der Waals surface area contributed by atoms with E-state index in [0.717, 1.165) is 11.3 Å². The summed E-state index contributed by atoms with van der Waals surface area (Å²) >= 11 is 1.41. The van der Waals surface area contributed by atoms with Crippen molar-refractivity contribution in [3.8, 4) is 6.07 Å². The molecule has 8 heteroatoms. The van der Waals surface area contributed by atoms with E-state index in [9.17, 15) is 19.2 Å². The highest BCUT2D eigenvalue weighted by molar-refractivity contribution is 8.03. The number of nitrogens with zero attached hydrogens (tertiary/aromatic N) is 3. The molecule has 31 heavy (non-hydrogen) atoms. The molecule has 0 unspecified atom stereocenters. The van der Waals surface area contributed by atoms with E-state index >= 15 is 0 Å². The van der Waals surface area contributed by atoms with Crippen LogP contribution in [0.4, 0.5) is 10.1 Å². The van der Waals surface area contributed by atoms with Crippen LogP contribution in [0.5, 0.6) is 0 Å². The molecule has 0 radical (unpaired) electrons. The molecule has 0 aliphatic carbocycles. The maximum Gasteiger partial charge on any atom is 0.338 e. The van der Waals surface area contributed by atoms with Crippen molar-refractivity contribution in [3.05, 3.63) is 76.1 Å². The largest absolute Gasteiger partial charge is 0.462 e. The van der Waals surface area contributed by atoms with Gasteiger partial charge in [0.1, 0.15) is 5.82 Å². The van der Waals surface area contributed by atoms with Crippen molar-refractivity contribution in [2.75, 3.05) is 24.1 Å². The van der Waals surface area contributed by atoms with Crippen LogP contribution in [-0.2, 0) is 9.53 Å². The fourth-order valence-electron chi connectivity index (χ4n) is 3.75. The van der Waals surface area contributed by atoms with E-state index in [1.165, 1.54) is 23.9 Å². The molecule has 1 saturated heterocycles. The first-order valence-corrected chi connectivity index (χ1v) is 10.9. The number of allylic oxidation sites excluding steroid dienone is 1. The summed E-state index contributed by atoms with van der Waals surface area (Å²) in [6.45, 7) is 2.34. The van der Waals surface area contributed by atoms with Crippen LogP contribution in [0.3, 0.4) is 0 Å². The number of ether oxygens (including phenoxy) is 1. The van der Waals surface area contributed by atoms with E-state index in [1.54, 1.807) is 42.2 Å². The predicted molar refractivity (Wildman–Crippen MR) is 115 cm³/mol. The third kappa shape index (κ3) is 4.14. The maximum absolute atomic E-state index is 13.3. The number of hydrogen-bond donors (Lipinski definition) is 0. The lowest BCUT2D eigenvalue weighted by atomic mass is 9.86. The monoisotopic (exact) mass is 437 g/mol. The number of thioether (sulfide) groups is 1. The highest BCUT2D eigenvalue weighted by Crippen LogP contribution is 2.43. The van der Waals surface area contributed by atoms with Crippen molar-refractivity contribution in [3.63, 3.8) is 0 Å². The molecule has 1 atom stereocenters. The second kappa shape index (κ2) is 8.82. The highest BCUT2D eigenvalue weighted by Gasteiger charge is 2.38. The van der Waals surface area contributed by atoms with Crippen LogP contribution in [0.25, 0.3) is 0 Å². The zero-order valence-corrected chi connectivity index (χ0v) is 17.7. The molecule has 2 aromatic carbocycles. The zero-order chi connectivity index (χ0) is 22.0. The van der Waals surface area contributed by atoms with Gasteiger partial charge in [0.25, 0.3) is 0 Å². The smallest absolute Gasteiger partial charge is 0.338 e. The quantitative estimate of drug-likeness (QED) is 0.667. The molecule has 158 valence electrons. The summed E-state index contributed by atoms with van der Waals surface area (Å²) in [5.41, 5.74) is 2.52. The molecule has 2 aromatic rings. The van der Waals surface area contributed by atoms with Gasteiger partial charge < -0.3 is 9.64 Å². The number of carbonyl (C=O) groups is 2. The van der Waals surface area contributed by atoms with Crippen molar-refractivity contribution in [1.82, 2.24) is 4.90 Å². The van der Waals surface area contributed by atoms with Gasteiger partial charge in [-0.15, -0.1) is 0 Å². The summed E-state index contributed by atoms with van der Waals surface area (Å²) in [6, 6.07) is 15.3. The first-order chi connectivity index (χ1) is 15.0. The van der Waals surface area contributed by atoms with Crippen LogP contribution in [0.1, 0.15) is 35.2 Å². The molecule has 2 aliphatic heterocycles. The van der Waals surface area contributed by atoms with Gasteiger partial charge >= 0.3 is 5.97 Å². The van der Waals surface area contributed by atoms with E-state index in [2.05, 4.69) is 6.07 Å². The van der Waals surface area contributed by atoms with Gasteiger partial charge in [0, 0.05) is 18.0 Å². The minimum atomic E-state index is -0.391. The van der Waals surface area contributed by atoms with Crippen LogP contribution in [0.15, 0.2) is 59.1 Å². The van der Waals surface area contributed by atoms with E-state index in [0.29, 0.717) is 28.6 Å². The Morgan fingerprint density at radius 3 is 2.77 bits per heavy atom. The second-order valence-corrected chi connectivity index (χ2v) is 8.12. The normalized spacial score (nSPS) is 18.5. The van der Waals surface area contributed by atoms with Crippen LogP contribution in [-0.4, -0.2) is 35.9 Å². The molecular weight excluding hydrogens is 417 g/mol. The van der Waals surface area contributed by atoms with E-state index < -0.39 is 5.97 Å². The number of carbonyl (C=O) groups excluding carboxylic acids is 2. The molecule has 0 aromatic heterocycles. The fraction of sp³-hybridized carbons (Fsp3) is 0.261. The number of halogens is 1. The zero-order valence-electron chi connectivity index (χ0n) is 16.9. The number of hydrogen-bond acceptors (Lipinski definition) is 6. The minimum absolute atomic E-state index is 0.0953. The number of esters is 1. The number of anilines is 1. The van der Waals surface area contributed by atoms with Gasteiger partial charge in [-0.25, -0.2) is 9.18 Å². The number of nitriles is 1. The van der Waals surface area contributed by atoms with Crippen molar-refractivity contribution >= 4 is 29.3 Å². The summed E-state index contributed by atoms with van der Waals surface area (Å²) in [6.07, 6.45) is 0.148. The molecule has 6 nitrogen and oxygen atoms in total. The van der Waals surface area contributed by atoms with Gasteiger partial charge in [-0.3, -0.25) is 9.69 Å². The Morgan fingerprint density at radius 1 is 1.29 bits per heavy atom. The Labute approximate surface area is 183 Å². The van der Waals surface area contributed by atoms with Gasteiger partial charge in [-0.2, -0.15) is 5.26 Å². The van der Waals surface area contributed by atoms with Gasteiger partial charge in [-0.1, -0.05) is 30.0 Å². The lowest BCUT2D eigenvalue weighted by Gasteiger charge is -2.42. The molecule has 2 heterocycles. The third-order valence-electron chi connectivity index (χ3n) is 5.29. The SMILES string of the molecule is CCOC(=O)c1cccc(N2CSC3=C(C#N)[C@@H](c4ccc(F)cc4)CC(=O)N3C2)c1. The summed E-state index contributed by atoms with van der Waals surface area (Å²) in [5, 5.41) is 10.5. The van der Waals surface area contributed by atoms with Gasteiger partial charge in [-0.05, 0) is 42.8 Å². The highest BCUT2D eigenvalue weighted by atomic mass is 32.2. The Hall–Kier alpha value is -3.31. The first kappa shape index (κ1) is 20.9. The minimum Gasteiger partial charge on any atom is -0.462 e. The van der Waals surface area contributed by atoms with Gasteiger partial charge in [0.2, 0.25) is 5.91 Å². The number of rotatable bonds is 4. The Morgan fingerprint density at radius 2 is 2.06 bits per heavy atom. The van der Waals surface area contributed by atoms with Crippen LogP contribution in [0.2, 0.25) is 0 Å². The van der Waals surface area contributed by atoms with Gasteiger partial charge in [0.05, 0.1) is 41.4 Å². The fourth-order valence-corrected chi connectivity index (χ4v) is 4.92. The molecule has 1 fully saturated rings. The number of amides is 1. The molecular formula is C23H20FN3O3S. The maximum atomic E-state index is 13.3. The molecule has 0 spiro atoms. The van der Waals surface area contributed by atoms with E-state index in [1.807, 2.05) is 11.0 Å². The summed E-state index contributed by atoms with van der Waals surface area (Å²) in [7, 11) is 0. The lowest BCUT2D eigenvalue weighted by molar-refractivity contribution is -0.129. The molecule has 1 amide bonds. The molecule has 0 N–H and O–H groups in total. The second-order valence-electron chi connectivity index (χ2n) is 7.19. The lowest BCUT2D eigenvalue weighted by Crippen LogP contribution is -2.47. The summed E-state index contributed by atoms with van der Waals surface area (Å²) in [5.74, 6) is -0.700. The predicted octanol–water partition coefficient (Wildman–Crippen LogP) is 4.22. The molecule has 0 saturated carbocycles. The molecule has 2 aliphatic rings. The number of benzene rings is 2. The van der Waals surface area contributed by atoms with Crippen LogP contribution in [0, 0.1) is 17.1 Å². The summed E-state index contributed by atoms with van der Waals surface area (Å²) < 4.78 is 18.4. The Balaban J connectivity index is 1.61. The average Bonchev–Trinajstić information content (AvgIpc) is 2.79. The molecule has 0 bridgehead atoms. The van der Waals surface area contributed by atoms with Crippen molar-refractivity contribution < 1.29 is 18.7 Å². The summed E-state index contributed by atoms with van der Waals surface area (Å²) in [4.78, 5) is 28.6. The van der Waals surface area contributed by atoms with Gasteiger partial charge in [0.15, 0.2) is 0 Å². The standard InChI is InChI=1S/C23H20FN3O3S/c1-2-30-23(29)16-4-3-5-18(10-16)26-13-27-21(28)11-19(15-6-8-17(24)9-7-15)20(12-25)22(27)31-14-26/h3-10,19H,2,11,13-14H2,1H3/t19-/m1/s1. The van der Waals surface area contributed by atoms with Crippen molar-refractivity contribution in [2.24, 2.45) is 0 Å². The number of fused-ring (bicyclic) bond motifs is 1. The van der Waals surface area contributed by atoms with Crippen LogP contribution < -0.4 is 4.90 Å². The third-order valence-corrected chi connectivity index (χ3v) is 6.44. The van der Waals surface area contributed by atoms with E-state index in [-0.39, 0.29) is 30.7 Å². The molecule has 4 rings (SSSR count). The Kier molecular flexibility index (Phi) is 5.96. The van der Waals surface area contributed by atoms with Crippen LogP contribution >= 0.6 is 11.8 Å². The van der Waals surface area contributed by atoms with Crippen molar-refractivity contribution in [1.29, 1.82) is 5.26 Å². The average molecular weight is 437 g/mol.